The molecule has 0 aliphatic heterocycles. The highest BCUT2D eigenvalue weighted by molar-refractivity contribution is 9.10. The van der Waals surface area contributed by atoms with E-state index in [-0.39, 0.29) is 11.3 Å². The minimum Gasteiger partial charge on any atom is -0.503 e. The van der Waals surface area contributed by atoms with E-state index in [0.29, 0.717) is 39.1 Å². The number of aromatic hydroxyl groups is 1. The van der Waals surface area contributed by atoms with Crippen molar-refractivity contribution in [2.24, 2.45) is 5.10 Å². The monoisotopic (exact) mass is 479 g/mol. The quantitative estimate of drug-likeness (QED) is 0.567. The first-order valence-corrected chi connectivity index (χ1v) is 9.38. The Morgan fingerprint density at radius 1 is 1.31 bits per heavy atom. The van der Waals surface area contributed by atoms with Crippen LogP contribution in [0.1, 0.15) is 18.3 Å². The lowest BCUT2D eigenvalue weighted by Crippen LogP contribution is -2.20. The van der Waals surface area contributed by atoms with Crippen LogP contribution in [0.25, 0.3) is 10.9 Å². The highest BCUT2D eigenvalue weighted by atomic mass is 79.9. The summed E-state index contributed by atoms with van der Waals surface area (Å²) in [5.41, 5.74) is 1.03. The number of ether oxygens (including phenoxy) is 1. The average molecular weight is 481 g/mol. The highest BCUT2D eigenvalue weighted by Gasteiger charge is 2.10. The van der Waals surface area contributed by atoms with Crippen LogP contribution in [0.2, 0.25) is 0 Å². The fourth-order valence-electron chi connectivity index (χ4n) is 2.45. The number of phenolic OH excluding ortho intramolecular Hbond substituents is 1. The van der Waals surface area contributed by atoms with Crippen LogP contribution < -0.4 is 10.3 Å². The van der Waals surface area contributed by atoms with Gasteiger partial charge < -0.3 is 9.84 Å². The summed E-state index contributed by atoms with van der Waals surface area (Å²) in [7, 11) is 0. The van der Waals surface area contributed by atoms with Crippen molar-refractivity contribution in [2.75, 3.05) is 6.61 Å². The minimum absolute atomic E-state index is 0.0227. The van der Waals surface area contributed by atoms with Crippen molar-refractivity contribution in [3.05, 3.63) is 61.0 Å². The van der Waals surface area contributed by atoms with Crippen LogP contribution in [-0.4, -0.2) is 27.6 Å². The number of fused-ring (bicyclic) bond motifs is 1. The van der Waals surface area contributed by atoms with Crippen molar-refractivity contribution < 1.29 is 9.84 Å². The maximum Gasteiger partial charge on any atom is 0.282 e. The summed E-state index contributed by atoms with van der Waals surface area (Å²) in [5, 5.41) is 14.7. The van der Waals surface area contributed by atoms with Gasteiger partial charge in [-0.25, -0.2) is 4.98 Å². The number of hydrogen-bond donors (Lipinski definition) is 1. The fraction of sp³-hybridized carbons (Fsp3) is 0.167. The molecular weight excluding hydrogens is 466 g/mol. The molecular formula is C18H15Br2N3O3. The topological polar surface area (TPSA) is 76.7 Å². The zero-order valence-corrected chi connectivity index (χ0v) is 17.2. The standard InChI is InChI=1S/C18H15Br2N3O3/c1-3-26-16-7-11(6-14(20)17(16)24)9-21-23-10(2)22-15-5-4-12(19)8-13(15)18(23)25/h4-9,24H,3H2,1-2H3. The van der Waals surface area contributed by atoms with E-state index in [1.165, 1.54) is 10.9 Å². The average Bonchev–Trinajstić information content (AvgIpc) is 2.60. The lowest BCUT2D eigenvalue weighted by atomic mass is 10.2. The molecule has 3 aromatic rings. The molecule has 0 fully saturated rings. The second-order valence-corrected chi connectivity index (χ2v) is 7.23. The first-order valence-electron chi connectivity index (χ1n) is 7.79. The molecule has 1 N–H and O–H groups in total. The summed E-state index contributed by atoms with van der Waals surface area (Å²) in [4.78, 5) is 17.2. The summed E-state index contributed by atoms with van der Waals surface area (Å²) in [6, 6.07) is 8.68. The maximum absolute atomic E-state index is 12.7. The van der Waals surface area contributed by atoms with Crippen molar-refractivity contribution in [3.8, 4) is 11.5 Å². The molecule has 0 unspecified atom stereocenters. The Labute approximate surface area is 166 Å². The smallest absolute Gasteiger partial charge is 0.282 e. The summed E-state index contributed by atoms with van der Waals surface area (Å²) in [6.07, 6.45) is 1.52. The van der Waals surface area contributed by atoms with E-state index in [2.05, 4.69) is 41.9 Å². The van der Waals surface area contributed by atoms with Crippen LogP contribution in [0.3, 0.4) is 0 Å². The van der Waals surface area contributed by atoms with Gasteiger partial charge in [0.1, 0.15) is 5.82 Å². The Morgan fingerprint density at radius 2 is 2.08 bits per heavy atom. The fourth-order valence-corrected chi connectivity index (χ4v) is 3.27. The van der Waals surface area contributed by atoms with E-state index in [1.807, 2.05) is 13.0 Å². The lowest BCUT2D eigenvalue weighted by Gasteiger charge is -2.09. The van der Waals surface area contributed by atoms with Gasteiger partial charge in [0.05, 0.1) is 28.2 Å². The van der Waals surface area contributed by atoms with E-state index >= 15 is 0 Å². The number of phenols is 1. The molecule has 26 heavy (non-hydrogen) atoms. The first kappa shape index (κ1) is 18.6. The number of rotatable bonds is 4. The van der Waals surface area contributed by atoms with Gasteiger partial charge in [0.15, 0.2) is 11.5 Å². The number of benzene rings is 2. The molecule has 0 radical (unpaired) electrons. The molecule has 0 amide bonds. The molecule has 6 nitrogen and oxygen atoms in total. The Kier molecular flexibility index (Phi) is 5.43. The van der Waals surface area contributed by atoms with Gasteiger partial charge in [-0.2, -0.15) is 9.78 Å². The van der Waals surface area contributed by atoms with Crippen LogP contribution in [0.5, 0.6) is 11.5 Å². The Hall–Kier alpha value is -2.19. The first-order chi connectivity index (χ1) is 12.4. The van der Waals surface area contributed by atoms with Gasteiger partial charge in [-0.05, 0) is 65.7 Å². The van der Waals surface area contributed by atoms with Crippen LogP contribution >= 0.6 is 31.9 Å². The zero-order chi connectivity index (χ0) is 18.8. The molecule has 1 aromatic heterocycles. The maximum atomic E-state index is 12.7. The molecule has 0 saturated carbocycles. The molecule has 134 valence electrons. The van der Waals surface area contributed by atoms with Gasteiger partial charge in [0.2, 0.25) is 0 Å². The van der Waals surface area contributed by atoms with Crippen LogP contribution in [0, 0.1) is 6.92 Å². The molecule has 0 bridgehead atoms. The molecule has 3 rings (SSSR count). The van der Waals surface area contributed by atoms with E-state index in [4.69, 9.17) is 4.74 Å². The zero-order valence-electron chi connectivity index (χ0n) is 14.0. The largest absolute Gasteiger partial charge is 0.503 e. The molecule has 0 aliphatic carbocycles. The summed E-state index contributed by atoms with van der Waals surface area (Å²) >= 11 is 6.65. The predicted octanol–water partition coefficient (Wildman–Crippen LogP) is 4.22. The van der Waals surface area contributed by atoms with Gasteiger partial charge >= 0.3 is 0 Å². The third-order valence-electron chi connectivity index (χ3n) is 3.64. The second kappa shape index (κ2) is 7.59. The van der Waals surface area contributed by atoms with Gasteiger partial charge in [0, 0.05) is 4.47 Å². The number of nitrogens with zero attached hydrogens (tertiary/aromatic N) is 3. The molecule has 1 heterocycles. The van der Waals surface area contributed by atoms with Gasteiger partial charge in [-0.15, -0.1) is 0 Å². The summed E-state index contributed by atoms with van der Waals surface area (Å²) < 4.78 is 7.93. The van der Waals surface area contributed by atoms with Crippen molar-refractivity contribution >= 4 is 49.0 Å². The Morgan fingerprint density at radius 3 is 2.81 bits per heavy atom. The van der Waals surface area contributed by atoms with E-state index in [0.717, 1.165) is 4.47 Å². The van der Waals surface area contributed by atoms with E-state index in [9.17, 15) is 9.90 Å². The number of aromatic nitrogens is 2. The van der Waals surface area contributed by atoms with Crippen molar-refractivity contribution in [1.29, 1.82) is 0 Å². The molecule has 0 spiro atoms. The van der Waals surface area contributed by atoms with Gasteiger partial charge in [-0.3, -0.25) is 4.79 Å². The van der Waals surface area contributed by atoms with Crippen molar-refractivity contribution in [1.82, 2.24) is 9.66 Å². The third-order valence-corrected chi connectivity index (χ3v) is 4.74. The Balaban J connectivity index is 2.08. The van der Waals surface area contributed by atoms with E-state index < -0.39 is 0 Å². The molecule has 0 saturated heterocycles. The number of aryl methyl sites for hydroxylation is 1. The number of hydrogen-bond acceptors (Lipinski definition) is 5. The SMILES string of the molecule is CCOc1cc(C=Nn2c(C)nc3ccc(Br)cc3c2=O)cc(Br)c1O. The second-order valence-electron chi connectivity index (χ2n) is 5.46. The Bertz CT molecular complexity index is 1080. The highest BCUT2D eigenvalue weighted by Crippen LogP contribution is 2.35. The summed E-state index contributed by atoms with van der Waals surface area (Å²) in [6.45, 7) is 3.97. The van der Waals surface area contributed by atoms with Crippen LogP contribution in [-0.2, 0) is 0 Å². The summed E-state index contributed by atoms with van der Waals surface area (Å²) in [5.74, 6) is 0.839. The molecule has 0 aliphatic rings. The normalized spacial score (nSPS) is 11.4. The van der Waals surface area contributed by atoms with Crippen molar-refractivity contribution in [2.45, 2.75) is 13.8 Å². The van der Waals surface area contributed by atoms with Gasteiger partial charge in [0.25, 0.3) is 5.56 Å². The predicted molar refractivity (Wildman–Crippen MR) is 108 cm³/mol. The van der Waals surface area contributed by atoms with Crippen LogP contribution in [0.4, 0.5) is 0 Å². The molecule has 8 heteroatoms. The minimum atomic E-state index is -0.257. The third kappa shape index (κ3) is 3.66. The van der Waals surface area contributed by atoms with Crippen molar-refractivity contribution in [3.63, 3.8) is 0 Å². The number of halogens is 2. The molecule has 2 aromatic carbocycles. The van der Waals surface area contributed by atoms with Gasteiger partial charge in [-0.1, -0.05) is 15.9 Å². The van der Waals surface area contributed by atoms with E-state index in [1.54, 1.807) is 31.2 Å². The molecule has 0 atom stereocenters. The van der Waals surface area contributed by atoms with Crippen LogP contribution in [0.15, 0.2) is 49.2 Å². The lowest BCUT2D eigenvalue weighted by molar-refractivity contribution is 0.317.